The predicted octanol–water partition coefficient (Wildman–Crippen LogP) is 4.17. The molecule has 0 aliphatic rings. The Bertz CT molecular complexity index is 335. The Morgan fingerprint density at radius 2 is 1.93 bits per heavy atom. The van der Waals surface area contributed by atoms with Gasteiger partial charge in [0.2, 0.25) is 0 Å². The maximum Gasteiger partial charge on any atom is 0.0248 e. The highest BCUT2D eigenvalue weighted by atomic mass is 13.9. The van der Waals surface area contributed by atoms with Crippen molar-refractivity contribution in [1.82, 2.24) is 0 Å². The summed E-state index contributed by atoms with van der Waals surface area (Å²) in [5.74, 6) is 6.15. The molecule has 78 valence electrons. The van der Waals surface area contributed by atoms with E-state index < -0.39 is 0 Å². The van der Waals surface area contributed by atoms with E-state index in [1.807, 2.05) is 36.4 Å². The Morgan fingerprint density at radius 1 is 1.13 bits per heavy atom. The zero-order valence-corrected chi connectivity index (χ0v) is 9.37. The maximum absolute atomic E-state index is 3.10. The first-order valence-corrected chi connectivity index (χ1v) is 5.65. The third-order valence-electron chi connectivity index (χ3n) is 2.17. The van der Waals surface area contributed by atoms with Crippen LogP contribution in [0.3, 0.4) is 0 Å². The van der Waals surface area contributed by atoms with Crippen LogP contribution in [0.4, 0.5) is 0 Å². The van der Waals surface area contributed by atoms with Gasteiger partial charge in [0.25, 0.3) is 0 Å². The SMILES string of the molecule is CCCCCC=CC#Cc1ccccc1. The van der Waals surface area contributed by atoms with Crippen LogP contribution < -0.4 is 0 Å². The molecule has 0 unspecified atom stereocenters. The van der Waals surface area contributed by atoms with Gasteiger partial charge in [0.15, 0.2) is 0 Å². The van der Waals surface area contributed by atoms with Gasteiger partial charge in [-0.25, -0.2) is 0 Å². The average Bonchev–Trinajstić information content (AvgIpc) is 2.29. The first-order chi connectivity index (χ1) is 7.43. The summed E-state index contributed by atoms with van der Waals surface area (Å²) < 4.78 is 0. The second-order valence-corrected chi connectivity index (χ2v) is 3.53. The third-order valence-corrected chi connectivity index (χ3v) is 2.17. The van der Waals surface area contributed by atoms with Gasteiger partial charge < -0.3 is 0 Å². The summed E-state index contributed by atoms with van der Waals surface area (Å²) in [6.45, 7) is 2.22. The molecule has 0 saturated carbocycles. The molecule has 0 heterocycles. The van der Waals surface area contributed by atoms with E-state index in [2.05, 4.69) is 24.8 Å². The molecule has 0 fully saturated rings. The van der Waals surface area contributed by atoms with E-state index in [0.29, 0.717) is 0 Å². The van der Waals surface area contributed by atoms with E-state index in [1.54, 1.807) is 0 Å². The topological polar surface area (TPSA) is 0 Å². The summed E-state index contributed by atoms with van der Waals surface area (Å²) in [4.78, 5) is 0. The van der Waals surface area contributed by atoms with Crippen molar-refractivity contribution >= 4 is 0 Å². The zero-order chi connectivity index (χ0) is 10.8. The summed E-state index contributed by atoms with van der Waals surface area (Å²) in [5, 5.41) is 0. The average molecular weight is 198 g/mol. The molecule has 0 amide bonds. The number of hydrogen-bond donors (Lipinski definition) is 0. The van der Waals surface area contributed by atoms with Crippen LogP contribution in [0.5, 0.6) is 0 Å². The molecule has 15 heavy (non-hydrogen) atoms. The van der Waals surface area contributed by atoms with E-state index in [4.69, 9.17) is 0 Å². The summed E-state index contributed by atoms with van der Waals surface area (Å²) in [6, 6.07) is 10.1. The van der Waals surface area contributed by atoms with Crippen molar-refractivity contribution in [2.45, 2.75) is 32.6 Å². The molecule has 0 heteroatoms. The highest BCUT2D eigenvalue weighted by molar-refractivity contribution is 5.36. The minimum Gasteiger partial charge on any atom is -0.0761 e. The lowest BCUT2D eigenvalue weighted by molar-refractivity contribution is 0.729. The second kappa shape index (κ2) is 7.88. The fraction of sp³-hybridized carbons (Fsp3) is 0.333. The first kappa shape index (κ1) is 11.6. The lowest BCUT2D eigenvalue weighted by Gasteiger charge is -1.89. The van der Waals surface area contributed by atoms with E-state index in [1.165, 1.54) is 19.3 Å². The quantitative estimate of drug-likeness (QED) is 0.503. The van der Waals surface area contributed by atoms with Crippen molar-refractivity contribution in [3.63, 3.8) is 0 Å². The van der Waals surface area contributed by atoms with Crippen LogP contribution in [0.2, 0.25) is 0 Å². The smallest absolute Gasteiger partial charge is 0.0248 e. The van der Waals surface area contributed by atoms with Crippen molar-refractivity contribution in [1.29, 1.82) is 0 Å². The summed E-state index contributed by atoms with van der Waals surface area (Å²) in [6.07, 6.45) is 9.14. The molecule has 1 rings (SSSR count). The van der Waals surface area contributed by atoms with E-state index in [9.17, 15) is 0 Å². The van der Waals surface area contributed by atoms with Crippen molar-refractivity contribution < 1.29 is 0 Å². The third kappa shape index (κ3) is 5.75. The monoisotopic (exact) mass is 198 g/mol. The summed E-state index contributed by atoms with van der Waals surface area (Å²) >= 11 is 0. The molecule has 0 atom stereocenters. The van der Waals surface area contributed by atoms with Gasteiger partial charge in [0.05, 0.1) is 0 Å². The second-order valence-electron chi connectivity index (χ2n) is 3.53. The largest absolute Gasteiger partial charge is 0.0761 e. The van der Waals surface area contributed by atoms with Crippen molar-refractivity contribution in [3.8, 4) is 11.8 Å². The number of benzene rings is 1. The van der Waals surface area contributed by atoms with E-state index in [-0.39, 0.29) is 0 Å². The predicted molar refractivity (Wildman–Crippen MR) is 66.6 cm³/mol. The van der Waals surface area contributed by atoms with E-state index >= 15 is 0 Å². The summed E-state index contributed by atoms with van der Waals surface area (Å²) in [5.41, 5.74) is 1.08. The molecule has 0 N–H and O–H groups in total. The molecule has 0 aliphatic heterocycles. The van der Waals surface area contributed by atoms with Gasteiger partial charge >= 0.3 is 0 Å². The Labute approximate surface area is 93.0 Å². The fourth-order valence-corrected chi connectivity index (χ4v) is 1.30. The fourth-order valence-electron chi connectivity index (χ4n) is 1.30. The van der Waals surface area contributed by atoms with Crippen LogP contribution in [-0.4, -0.2) is 0 Å². The molecule has 1 aromatic rings. The lowest BCUT2D eigenvalue weighted by atomic mass is 10.2. The number of hydrogen-bond acceptors (Lipinski definition) is 0. The minimum atomic E-state index is 1.08. The van der Waals surface area contributed by atoms with Gasteiger partial charge in [-0.05, 0) is 31.1 Å². The first-order valence-electron chi connectivity index (χ1n) is 5.65. The molecule has 0 nitrogen and oxygen atoms in total. The minimum absolute atomic E-state index is 1.08. The zero-order valence-electron chi connectivity index (χ0n) is 9.37. The maximum atomic E-state index is 3.10. The normalized spacial score (nSPS) is 9.93. The van der Waals surface area contributed by atoms with Gasteiger partial charge in [-0.3, -0.25) is 0 Å². The Balaban J connectivity index is 2.28. The Hall–Kier alpha value is -1.48. The molecular weight excluding hydrogens is 180 g/mol. The molecule has 0 aromatic heterocycles. The van der Waals surface area contributed by atoms with Gasteiger partial charge in [-0.15, -0.1) is 0 Å². The standard InChI is InChI=1S/C15H18/c1-2-3-4-5-6-7-9-12-15-13-10-8-11-14-15/h6-8,10-11,13-14H,2-5H2,1H3. The van der Waals surface area contributed by atoms with Crippen molar-refractivity contribution in [3.05, 3.63) is 48.0 Å². The van der Waals surface area contributed by atoms with Crippen LogP contribution in [-0.2, 0) is 0 Å². The van der Waals surface area contributed by atoms with Gasteiger partial charge in [0, 0.05) is 5.56 Å². The molecule has 0 aliphatic carbocycles. The van der Waals surface area contributed by atoms with Gasteiger partial charge in [-0.1, -0.05) is 55.9 Å². The number of rotatable bonds is 4. The number of unbranched alkanes of at least 4 members (excludes halogenated alkanes) is 3. The van der Waals surface area contributed by atoms with Crippen LogP contribution in [0.1, 0.15) is 38.2 Å². The van der Waals surface area contributed by atoms with Crippen molar-refractivity contribution in [2.75, 3.05) is 0 Å². The summed E-state index contributed by atoms with van der Waals surface area (Å²) in [7, 11) is 0. The van der Waals surface area contributed by atoms with Gasteiger partial charge in [-0.2, -0.15) is 0 Å². The lowest BCUT2D eigenvalue weighted by Crippen LogP contribution is -1.71. The van der Waals surface area contributed by atoms with Crippen LogP contribution in [0.15, 0.2) is 42.5 Å². The Kier molecular flexibility index (Phi) is 6.09. The van der Waals surface area contributed by atoms with Crippen molar-refractivity contribution in [2.24, 2.45) is 0 Å². The number of allylic oxidation sites excluding steroid dienone is 2. The molecule has 0 radical (unpaired) electrons. The molecule has 1 aromatic carbocycles. The highest BCUT2D eigenvalue weighted by Crippen LogP contribution is 1.99. The van der Waals surface area contributed by atoms with Crippen LogP contribution >= 0.6 is 0 Å². The highest BCUT2D eigenvalue weighted by Gasteiger charge is 1.81. The molecule has 0 saturated heterocycles. The Morgan fingerprint density at radius 3 is 2.67 bits per heavy atom. The van der Waals surface area contributed by atoms with Crippen LogP contribution in [0.25, 0.3) is 0 Å². The van der Waals surface area contributed by atoms with E-state index in [0.717, 1.165) is 12.0 Å². The molecular formula is C15H18. The van der Waals surface area contributed by atoms with Gasteiger partial charge in [0.1, 0.15) is 0 Å². The molecule has 0 spiro atoms. The molecule has 0 bridgehead atoms. The van der Waals surface area contributed by atoms with Crippen LogP contribution in [0, 0.1) is 11.8 Å².